The molecule has 1 rings (SSSR count). The van der Waals surface area contributed by atoms with Crippen LogP contribution in [0.1, 0.15) is 35.7 Å². The fraction of sp³-hybridized carbons (Fsp3) is 0.533. The molecule has 0 fully saturated rings. The van der Waals surface area contributed by atoms with Gasteiger partial charge in [0.1, 0.15) is 0 Å². The number of benzene rings is 1. The highest BCUT2D eigenvalue weighted by Crippen LogP contribution is 2.07. The van der Waals surface area contributed by atoms with Gasteiger partial charge in [0.25, 0.3) is 5.91 Å². The zero-order valence-electron chi connectivity index (χ0n) is 11.7. The molecule has 1 amide bonds. The summed E-state index contributed by atoms with van der Waals surface area (Å²) in [7, 11) is 1.51. The van der Waals surface area contributed by atoms with Crippen LogP contribution >= 0.6 is 0 Å². The van der Waals surface area contributed by atoms with E-state index in [1.54, 1.807) is 0 Å². The second-order valence-electron chi connectivity index (χ2n) is 4.62. The van der Waals surface area contributed by atoms with Gasteiger partial charge >= 0.3 is 0 Å². The van der Waals surface area contributed by atoms with Crippen molar-refractivity contribution in [1.82, 2.24) is 5.32 Å². The minimum atomic E-state index is -0.669. The normalized spacial score (nSPS) is 12.2. The third-order valence-corrected chi connectivity index (χ3v) is 2.89. The predicted octanol–water partition coefficient (Wildman–Crippen LogP) is 1.77. The summed E-state index contributed by atoms with van der Waals surface area (Å²) >= 11 is 0. The number of methoxy groups -OCH3 is 1. The van der Waals surface area contributed by atoms with Gasteiger partial charge in [-0.05, 0) is 30.5 Å². The minimum absolute atomic E-state index is 0.169. The molecular formula is C15H23NO3. The average molecular weight is 265 g/mol. The molecule has 0 spiro atoms. The maximum Gasteiger partial charge on any atom is 0.251 e. The van der Waals surface area contributed by atoms with Crippen LogP contribution in [-0.2, 0) is 11.2 Å². The molecule has 0 bridgehead atoms. The Bertz CT molecular complexity index is 375. The van der Waals surface area contributed by atoms with Crippen molar-refractivity contribution in [3.05, 3.63) is 35.4 Å². The molecule has 0 aliphatic carbocycles. The molecule has 0 saturated carbocycles. The molecule has 2 N–H and O–H groups in total. The van der Waals surface area contributed by atoms with E-state index in [0.29, 0.717) is 5.56 Å². The molecule has 0 heterocycles. The largest absolute Gasteiger partial charge is 0.389 e. The number of hydrogen-bond donors (Lipinski definition) is 2. The van der Waals surface area contributed by atoms with Crippen LogP contribution in [0.5, 0.6) is 0 Å². The van der Waals surface area contributed by atoms with Crippen molar-refractivity contribution >= 4 is 5.91 Å². The van der Waals surface area contributed by atoms with E-state index in [4.69, 9.17) is 4.74 Å². The maximum atomic E-state index is 11.8. The molecule has 0 aliphatic rings. The number of aliphatic hydroxyl groups is 1. The van der Waals surface area contributed by atoms with E-state index in [1.165, 1.54) is 19.1 Å². The molecule has 106 valence electrons. The summed E-state index contributed by atoms with van der Waals surface area (Å²) in [5.74, 6) is -0.169. The lowest BCUT2D eigenvalue weighted by Gasteiger charge is -2.11. The lowest BCUT2D eigenvalue weighted by molar-refractivity contribution is 0.0610. The number of ether oxygens (including phenoxy) is 1. The van der Waals surface area contributed by atoms with Gasteiger partial charge in [0.2, 0.25) is 0 Å². The topological polar surface area (TPSA) is 58.6 Å². The van der Waals surface area contributed by atoms with Gasteiger partial charge in [0.05, 0.1) is 12.7 Å². The van der Waals surface area contributed by atoms with Gasteiger partial charge in [-0.2, -0.15) is 0 Å². The summed E-state index contributed by atoms with van der Waals surface area (Å²) < 4.78 is 4.79. The van der Waals surface area contributed by atoms with Gasteiger partial charge in [-0.25, -0.2) is 0 Å². The number of carbonyl (C=O) groups is 1. The summed E-state index contributed by atoms with van der Waals surface area (Å²) in [6.07, 6.45) is 2.71. The van der Waals surface area contributed by atoms with Gasteiger partial charge in [0, 0.05) is 19.2 Å². The number of amides is 1. The van der Waals surface area contributed by atoms with Crippen molar-refractivity contribution in [2.24, 2.45) is 0 Å². The molecule has 1 unspecified atom stereocenters. The predicted molar refractivity (Wildman–Crippen MR) is 75.3 cm³/mol. The Morgan fingerprint density at radius 3 is 2.63 bits per heavy atom. The monoisotopic (exact) mass is 265 g/mol. The number of aryl methyl sites for hydroxylation is 1. The zero-order valence-corrected chi connectivity index (χ0v) is 11.7. The summed E-state index contributed by atoms with van der Waals surface area (Å²) in [5, 5.41) is 12.1. The van der Waals surface area contributed by atoms with Gasteiger partial charge in [0.15, 0.2) is 0 Å². The lowest BCUT2D eigenvalue weighted by Crippen LogP contribution is -2.34. The Balaban J connectivity index is 2.44. The number of rotatable bonds is 8. The zero-order chi connectivity index (χ0) is 14.1. The Morgan fingerprint density at radius 1 is 1.37 bits per heavy atom. The number of carbonyl (C=O) groups excluding carboxylic acids is 1. The van der Waals surface area contributed by atoms with Gasteiger partial charge in [-0.15, -0.1) is 0 Å². The van der Waals surface area contributed by atoms with Gasteiger partial charge < -0.3 is 15.2 Å². The Kier molecular flexibility index (Phi) is 7.15. The molecule has 4 nitrogen and oxygen atoms in total. The SMILES string of the molecule is CCCCc1ccc(C(=O)NCC(O)COC)cc1. The quantitative estimate of drug-likeness (QED) is 0.753. The van der Waals surface area contributed by atoms with Crippen LogP contribution in [0.15, 0.2) is 24.3 Å². The van der Waals surface area contributed by atoms with E-state index in [-0.39, 0.29) is 19.1 Å². The average Bonchev–Trinajstić information content (AvgIpc) is 2.43. The van der Waals surface area contributed by atoms with Crippen LogP contribution in [0.4, 0.5) is 0 Å². The van der Waals surface area contributed by atoms with Crippen molar-refractivity contribution in [2.75, 3.05) is 20.3 Å². The summed E-state index contributed by atoms with van der Waals surface area (Å²) in [6.45, 7) is 2.58. The highest BCUT2D eigenvalue weighted by molar-refractivity contribution is 5.94. The van der Waals surface area contributed by atoms with Crippen molar-refractivity contribution in [2.45, 2.75) is 32.3 Å². The second-order valence-corrected chi connectivity index (χ2v) is 4.62. The van der Waals surface area contributed by atoms with Crippen molar-refractivity contribution in [3.63, 3.8) is 0 Å². The number of unbranched alkanes of at least 4 members (excludes halogenated alkanes) is 1. The van der Waals surface area contributed by atoms with E-state index in [1.807, 2.05) is 24.3 Å². The number of nitrogens with one attached hydrogen (secondary N) is 1. The fourth-order valence-electron chi connectivity index (χ4n) is 1.77. The molecule has 0 aromatic heterocycles. The lowest BCUT2D eigenvalue weighted by atomic mass is 10.1. The Hall–Kier alpha value is -1.39. The van der Waals surface area contributed by atoms with E-state index < -0.39 is 6.10 Å². The molecule has 1 aromatic carbocycles. The molecule has 0 saturated heterocycles. The first kappa shape index (κ1) is 15.7. The van der Waals surface area contributed by atoms with E-state index in [0.717, 1.165) is 12.8 Å². The summed E-state index contributed by atoms with van der Waals surface area (Å²) in [4.78, 5) is 11.8. The smallest absolute Gasteiger partial charge is 0.251 e. The van der Waals surface area contributed by atoms with Gasteiger partial charge in [-0.1, -0.05) is 25.5 Å². The highest BCUT2D eigenvalue weighted by Gasteiger charge is 2.08. The first-order valence-corrected chi connectivity index (χ1v) is 6.71. The van der Waals surface area contributed by atoms with E-state index >= 15 is 0 Å². The van der Waals surface area contributed by atoms with Crippen LogP contribution in [0.3, 0.4) is 0 Å². The summed E-state index contributed by atoms with van der Waals surface area (Å²) in [6, 6.07) is 7.61. The second kappa shape index (κ2) is 8.67. The Labute approximate surface area is 114 Å². The van der Waals surface area contributed by atoms with Crippen molar-refractivity contribution in [1.29, 1.82) is 0 Å². The van der Waals surface area contributed by atoms with Crippen LogP contribution in [-0.4, -0.2) is 37.4 Å². The van der Waals surface area contributed by atoms with Crippen LogP contribution in [0.25, 0.3) is 0 Å². The molecule has 0 radical (unpaired) electrons. The van der Waals surface area contributed by atoms with Crippen LogP contribution in [0.2, 0.25) is 0 Å². The maximum absolute atomic E-state index is 11.8. The number of hydrogen-bond acceptors (Lipinski definition) is 3. The van der Waals surface area contributed by atoms with Gasteiger partial charge in [-0.3, -0.25) is 4.79 Å². The fourth-order valence-corrected chi connectivity index (χ4v) is 1.77. The first-order valence-electron chi connectivity index (χ1n) is 6.71. The minimum Gasteiger partial charge on any atom is -0.389 e. The van der Waals surface area contributed by atoms with E-state index in [9.17, 15) is 9.90 Å². The number of aliphatic hydroxyl groups excluding tert-OH is 1. The molecular weight excluding hydrogens is 242 g/mol. The van der Waals surface area contributed by atoms with Crippen LogP contribution in [0, 0.1) is 0 Å². The standard InChI is InChI=1S/C15H23NO3/c1-3-4-5-12-6-8-13(9-7-12)15(18)16-10-14(17)11-19-2/h6-9,14,17H,3-5,10-11H2,1-2H3,(H,16,18). The first-order chi connectivity index (χ1) is 9.17. The molecule has 0 aliphatic heterocycles. The molecule has 4 heteroatoms. The molecule has 19 heavy (non-hydrogen) atoms. The third-order valence-electron chi connectivity index (χ3n) is 2.89. The molecule has 1 aromatic rings. The Morgan fingerprint density at radius 2 is 2.05 bits per heavy atom. The van der Waals surface area contributed by atoms with Crippen molar-refractivity contribution in [3.8, 4) is 0 Å². The van der Waals surface area contributed by atoms with Crippen molar-refractivity contribution < 1.29 is 14.6 Å². The summed E-state index contributed by atoms with van der Waals surface area (Å²) in [5.41, 5.74) is 1.86. The molecule has 1 atom stereocenters. The van der Waals surface area contributed by atoms with E-state index in [2.05, 4.69) is 12.2 Å². The third kappa shape index (κ3) is 5.85. The highest BCUT2D eigenvalue weighted by atomic mass is 16.5. The van der Waals surface area contributed by atoms with Crippen LogP contribution < -0.4 is 5.32 Å².